The first-order valence-electron chi connectivity index (χ1n) is 6.26. The van der Waals surface area contributed by atoms with E-state index in [-0.39, 0.29) is 5.75 Å². The van der Waals surface area contributed by atoms with Crippen molar-refractivity contribution >= 4 is 9.84 Å². The molecule has 6 heteroatoms. The molecule has 0 spiro atoms. The molecular formula is C11H24N2O3S. The topological polar surface area (TPSA) is 58.6 Å². The molecule has 0 aromatic heterocycles. The number of ether oxygens (including phenoxy) is 1. The van der Waals surface area contributed by atoms with Crippen molar-refractivity contribution in [2.75, 3.05) is 51.4 Å². The molecular weight excluding hydrogens is 240 g/mol. The van der Waals surface area contributed by atoms with Crippen LogP contribution in [-0.2, 0) is 14.6 Å². The summed E-state index contributed by atoms with van der Waals surface area (Å²) >= 11 is 0. The molecule has 0 aromatic carbocycles. The normalized spacial score (nSPS) is 22.8. The predicted molar refractivity (Wildman–Crippen MR) is 69.1 cm³/mol. The zero-order valence-corrected chi connectivity index (χ0v) is 11.6. The highest BCUT2D eigenvalue weighted by molar-refractivity contribution is 7.91. The molecule has 17 heavy (non-hydrogen) atoms. The Balaban J connectivity index is 2.33. The summed E-state index contributed by atoms with van der Waals surface area (Å²) in [6, 6.07) is 0.373. The maximum absolute atomic E-state index is 11.4. The van der Waals surface area contributed by atoms with Gasteiger partial charge in [-0.25, -0.2) is 8.42 Å². The standard InChI is InChI=1S/C11H24N2O3S/c1-3-17(14,15)8-4-5-13-6-7-16-10-11(13)9-12-2/h11-12H,3-10H2,1-2H3. The Morgan fingerprint density at radius 2 is 2.24 bits per heavy atom. The lowest BCUT2D eigenvalue weighted by molar-refractivity contribution is -0.00591. The number of sulfone groups is 1. The van der Waals surface area contributed by atoms with E-state index in [0.717, 1.165) is 39.3 Å². The van der Waals surface area contributed by atoms with Gasteiger partial charge in [-0.3, -0.25) is 4.90 Å². The zero-order chi connectivity index (χ0) is 12.7. The molecule has 0 aromatic rings. The summed E-state index contributed by atoms with van der Waals surface area (Å²) in [5.41, 5.74) is 0. The van der Waals surface area contributed by atoms with E-state index in [4.69, 9.17) is 4.74 Å². The third-order valence-electron chi connectivity index (χ3n) is 3.13. The summed E-state index contributed by atoms with van der Waals surface area (Å²) in [4.78, 5) is 2.32. The van der Waals surface area contributed by atoms with E-state index in [0.29, 0.717) is 11.8 Å². The number of hydrogen-bond donors (Lipinski definition) is 1. The Kier molecular flexibility index (Phi) is 6.40. The first kappa shape index (κ1) is 14.9. The zero-order valence-electron chi connectivity index (χ0n) is 10.8. The van der Waals surface area contributed by atoms with Gasteiger partial charge in [-0.15, -0.1) is 0 Å². The number of nitrogens with one attached hydrogen (secondary N) is 1. The average Bonchev–Trinajstić information content (AvgIpc) is 2.31. The van der Waals surface area contributed by atoms with Crippen LogP contribution in [0.2, 0.25) is 0 Å². The number of rotatable bonds is 7. The lowest BCUT2D eigenvalue weighted by atomic mass is 10.2. The van der Waals surface area contributed by atoms with Crippen molar-refractivity contribution in [3.8, 4) is 0 Å². The van der Waals surface area contributed by atoms with Crippen LogP contribution in [0.3, 0.4) is 0 Å². The maximum Gasteiger partial charge on any atom is 0.150 e. The van der Waals surface area contributed by atoms with E-state index in [1.54, 1.807) is 6.92 Å². The van der Waals surface area contributed by atoms with Crippen molar-refractivity contribution in [3.05, 3.63) is 0 Å². The molecule has 1 rings (SSSR count). The Labute approximate surface area is 104 Å². The number of likely N-dealkylation sites (N-methyl/N-ethyl adjacent to an activating group) is 1. The van der Waals surface area contributed by atoms with Gasteiger partial charge >= 0.3 is 0 Å². The minimum absolute atomic E-state index is 0.246. The summed E-state index contributed by atoms with van der Waals surface area (Å²) in [7, 11) is -0.899. The predicted octanol–water partition coefficient (Wildman–Crippen LogP) is -0.269. The molecule has 0 aliphatic carbocycles. The Hall–Kier alpha value is -0.170. The van der Waals surface area contributed by atoms with Gasteiger partial charge in [0, 0.05) is 24.9 Å². The lowest BCUT2D eigenvalue weighted by Crippen LogP contribution is -2.50. The quantitative estimate of drug-likeness (QED) is 0.686. The molecule has 1 unspecified atom stereocenters. The maximum atomic E-state index is 11.4. The monoisotopic (exact) mass is 264 g/mol. The highest BCUT2D eigenvalue weighted by atomic mass is 32.2. The van der Waals surface area contributed by atoms with Gasteiger partial charge < -0.3 is 10.1 Å². The Morgan fingerprint density at radius 1 is 1.47 bits per heavy atom. The second-order valence-electron chi connectivity index (χ2n) is 4.41. The van der Waals surface area contributed by atoms with Crippen LogP contribution in [0, 0.1) is 0 Å². The molecule has 1 saturated heterocycles. The van der Waals surface area contributed by atoms with Gasteiger partial charge in [-0.05, 0) is 20.0 Å². The minimum atomic E-state index is -2.82. The fraction of sp³-hybridized carbons (Fsp3) is 1.00. The molecule has 1 N–H and O–H groups in total. The van der Waals surface area contributed by atoms with E-state index in [9.17, 15) is 8.42 Å². The molecule has 5 nitrogen and oxygen atoms in total. The van der Waals surface area contributed by atoms with E-state index < -0.39 is 9.84 Å². The summed E-state index contributed by atoms with van der Waals surface area (Å²) in [5.74, 6) is 0.545. The van der Waals surface area contributed by atoms with Crippen LogP contribution in [0.15, 0.2) is 0 Å². The summed E-state index contributed by atoms with van der Waals surface area (Å²) in [6.45, 7) is 5.82. The van der Waals surface area contributed by atoms with Crippen molar-refractivity contribution in [2.45, 2.75) is 19.4 Å². The largest absolute Gasteiger partial charge is 0.378 e. The number of hydrogen-bond acceptors (Lipinski definition) is 5. The van der Waals surface area contributed by atoms with Gasteiger partial charge in [0.1, 0.15) is 9.84 Å². The van der Waals surface area contributed by atoms with Crippen molar-refractivity contribution < 1.29 is 13.2 Å². The van der Waals surface area contributed by atoms with Crippen molar-refractivity contribution in [3.63, 3.8) is 0 Å². The number of morpholine rings is 1. The SMILES string of the molecule is CCS(=O)(=O)CCCN1CCOCC1CNC. The van der Waals surface area contributed by atoms with E-state index in [2.05, 4.69) is 10.2 Å². The second-order valence-corrected chi connectivity index (χ2v) is 6.89. The second kappa shape index (κ2) is 7.31. The van der Waals surface area contributed by atoms with E-state index in [1.165, 1.54) is 0 Å². The smallest absolute Gasteiger partial charge is 0.150 e. The first-order chi connectivity index (χ1) is 8.09. The third-order valence-corrected chi connectivity index (χ3v) is 4.92. The van der Waals surface area contributed by atoms with E-state index in [1.807, 2.05) is 7.05 Å². The third kappa shape index (κ3) is 5.33. The molecule has 0 bridgehead atoms. The van der Waals surface area contributed by atoms with Crippen LogP contribution in [0.5, 0.6) is 0 Å². The van der Waals surface area contributed by atoms with Gasteiger partial charge in [0.15, 0.2) is 0 Å². The van der Waals surface area contributed by atoms with Gasteiger partial charge in [-0.1, -0.05) is 6.92 Å². The van der Waals surface area contributed by atoms with Crippen molar-refractivity contribution in [1.82, 2.24) is 10.2 Å². The summed E-state index contributed by atoms with van der Waals surface area (Å²) < 4.78 is 28.2. The van der Waals surface area contributed by atoms with Crippen LogP contribution in [-0.4, -0.2) is 70.8 Å². The van der Waals surface area contributed by atoms with Gasteiger partial charge in [0.2, 0.25) is 0 Å². The van der Waals surface area contributed by atoms with Crippen LogP contribution < -0.4 is 5.32 Å². The number of nitrogens with zero attached hydrogens (tertiary/aromatic N) is 1. The molecule has 1 heterocycles. The fourth-order valence-electron chi connectivity index (χ4n) is 2.04. The molecule has 0 radical (unpaired) electrons. The highest BCUT2D eigenvalue weighted by Crippen LogP contribution is 2.07. The summed E-state index contributed by atoms with van der Waals surface area (Å²) in [5, 5.41) is 3.15. The molecule has 1 aliphatic heterocycles. The molecule has 0 saturated carbocycles. The van der Waals surface area contributed by atoms with Crippen LogP contribution in [0.4, 0.5) is 0 Å². The van der Waals surface area contributed by atoms with Crippen molar-refractivity contribution in [1.29, 1.82) is 0 Å². The van der Waals surface area contributed by atoms with Crippen LogP contribution in [0.1, 0.15) is 13.3 Å². The van der Waals surface area contributed by atoms with E-state index >= 15 is 0 Å². The van der Waals surface area contributed by atoms with Crippen LogP contribution in [0.25, 0.3) is 0 Å². The molecule has 1 aliphatic rings. The highest BCUT2D eigenvalue weighted by Gasteiger charge is 2.22. The fourth-order valence-corrected chi connectivity index (χ4v) is 2.90. The lowest BCUT2D eigenvalue weighted by Gasteiger charge is -2.35. The summed E-state index contributed by atoms with van der Waals surface area (Å²) in [6.07, 6.45) is 0.719. The van der Waals surface area contributed by atoms with Crippen LogP contribution >= 0.6 is 0 Å². The minimum Gasteiger partial charge on any atom is -0.378 e. The van der Waals surface area contributed by atoms with Gasteiger partial charge in [0.05, 0.1) is 19.0 Å². The van der Waals surface area contributed by atoms with Gasteiger partial charge in [-0.2, -0.15) is 0 Å². The van der Waals surface area contributed by atoms with Crippen molar-refractivity contribution in [2.24, 2.45) is 0 Å². The van der Waals surface area contributed by atoms with Gasteiger partial charge in [0.25, 0.3) is 0 Å². The Morgan fingerprint density at radius 3 is 2.88 bits per heavy atom. The molecule has 0 amide bonds. The Bertz CT molecular complexity index is 304. The first-order valence-corrected chi connectivity index (χ1v) is 8.08. The molecule has 102 valence electrons. The average molecular weight is 264 g/mol. The molecule has 1 atom stereocenters. The molecule has 1 fully saturated rings.